The Morgan fingerprint density at radius 2 is 1.09 bits per heavy atom. The van der Waals surface area contributed by atoms with Gasteiger partial charge in [-0.3, -0.25) is 0 Å². The van der Waals surface area contributed by atoms with Gasteiger partial charge in [0.15, 0.2) is 24.6 Å². The minimum absolute atomic E-state index is 0.0173. The predicted molar refractivity (Wildman–Crippen MR) is 112 cm³/mol. The Morgan fingerprint density at radius 3 is 1.47 bits per heavy atom. The molecule has 0 unspecified atom stereocenters. The lowest BCUT2D eigenvalue weighted by Crippen LogP contribution is -2.53. The molecule has 0 heterocycles. The Balaban J connectivity index is 6.39. The van der Waals surface area contributed by atoms with Gasteiger partial charge in [0.05, 0.1) is 0 Å². The van der Waals surface area contributed by atoms with Crippen molar-refractivity contribution in [1.82, 2.24) is 0 Å². The van der Waals surface area contributed by atoms with Crippen molar-refractivity contribution in [3.05, 3.63) is 48.6 Å². The number of ether oxygens (including phenoxy) is 4. The van der Waals surface area contributed by atoms with Crippen molar-refractivity contribution in [2.24, 2.45) is 0 Å². The van der Waals surface area contributed by atoms with Crippen LogP contribution in [0.4, 0.5) is 0 Å². The monoisotopic (exact) mass is 452 g/mol. The van der Waals surface area contributed by atoms with Crippen LogP contribution < -0.4 is 0 Å². The van der Waals surface area contributed by atoms with Crippen LogP contribution in [0.1, 0.15) is 27.7 Å². The summed E-state index contributed by atoms with van der Waals surface area (Å²) in [5.41, 5.74) is -0.229. The SMILES string of the molecule is C=C(C)C(=O)OC[C@@H](OC(=O)C(=C)C)[C@@H](OC(=O)C(=C)C)[C@H](OC(=O)C(=C)C)[C@H](O)C=O. The van der Waals surface area contributed by atoms with E-state index in [9.17, 15) is 29.1 Å². The summed E-state index contributed by atoms with van der Waals surface area (Å²) >= 11 is 0. The summed E-state index contributed by atoms with van der Waals surface area (Å²) in [5, 5.41) is 10.2. The minimum atomic E-state index is -2.01. The summed E-state index contributed by atoms with van der Waals surface area (Å²) in [5.74, 6) is -3.88. The number of aliphatic hydroxyl groups excluding tert-OH is 1. The molecule has 0 aliphatic carbocycles. The molecule has 10 nitrogen and oxygen atoms in total. The maximum Gasteiger partial charge on any atom is 0.333 e. The smallest absolute Gasteiger partial charge is 0.333 e. The van der Waals surface area contributed by atoms with Gasteiger partial charge in [0, 0.05) is 22.3 Å². The molecule has 1 N–H and O–H groups in total. The number of carbonyl (C=O) groups is 5. The van der Waals surface area contributed by atoms with Crippen molar-refractivity contribution in [3.63, 3.8) is 0 Å². The molecule has 0 spiro atoms. The second-order valence-electron chi connectivity index (χ2n) is 7.03. The van der Waals surface area contributed by atoms with E-state index in [4.69, 9.17) is 18.9 Å². The number of aldehydes is 1. The Bertz CT molecular complexity index is 823. The average molecular weight is 452 g/mol. The van der Waals surface area contributed by atoms with Crippen LogP contribution in [0.15, 0.2) is 48.6 Å². The molecule has 0 amide bonds. The highest BCUT2D eigenvalue weighted by molar-refractivity contribution is 5.89. The van der Waals surface area contributed by atoms with Crippen molar-refractivity contribution in [2.45, 2.75) is 52.1 Å². The summed E-state index contributed by atoms with van der Waals surface area (Å²) < 4.78 is 20.5. The molecule has 32 heavy (non-hydrogen) atoms. The summed E-state index contributed by atoms with van der Waals surface area (Å²) in [4.78, 5) is 59.6. The van der Waals surface area contributed by atoms with E-state index in [1.807, 2.05) is 0 Å². The number of esters is 4. The second-order valence-corrected chi connectivity index (χ2v) is 7.03. The Kier molecular flexibility index (Phi) is 11.6. The molecular formula is C22H28O10. The highest BCUT2D eigenvalue weighted by atomic mass is 16.6. The first-order chi connectivity index (χ1) is 14.7. The zero-order chi connectivity index (χ0) is 25.2. The van der Waals surface area contributed by atoms with E-state index in [1.165, 1.54) is 27.7 Å². The number of rotatable bonds is 13. The van der Waals surface area contributed by atoms with Gasteiger partial charge in [0.2, 0.25) is 0 Å². The van der Waals surface area contributed by atoms with Gasteiger partial charge in [-0.05, 0) is 27.7 Å². The average Bonchev–Trinajstić information content (AvgIpc) is 2.71. The van der Waals surface area contributed by atoms with Gasteiger partial charge in [-0.15, -0.1) is 0 Å². The van der Waals surface area contributed by atoms with Gasteiger partial charge in [0.1, 0.15) is 12.7 Å². The Hall–Kier alpha value is -3.53. The molecule has 0 aromatic rings. The molecular weight excluding hydrogens is 424 g/mol. The molecule has 0 saturated heterocycles. The summed E-state index contributed by atoms with van der Waals surface area (Å²) in [6.07, 6.45) is -7.25. The molecule has 0 aliphatic heterocycles. The van der Waals surface area contributed by atoms with Gasteiger partial charge >= 0.3 is 23.9 Å². The van der Waals surface area contributed by atoms with E-state index in [2.05, 4.69) is 26.3 Å². The van der Waals surface area contributed by atoms with Crippen molar-refractivity contribution < 1.29 is 48.0 Å². The highest BCUT2D eigenvalue weighted by Crippen LogP contribution is 2.20. The van der Waals surface area contributed by atoms with Crippen LogP contribution >= 0.6 is 0 Å². The van der Waals surface area contributed by atoms with Crippen LogP contribution in [0.3, 0.4) is 0 Å². The summed E-state index contributed by atoms with van der Waals surface area (Å²) in [6.45, 7) is 18.3. The van der Waals surface area contributed by atoms with Crippen molar-refractivity contribution in [3.8, 4) is 0 Å². The maximum atomic E-state index is 12.2. The van der Waals surface area contributed by atoms with Crippen LogP contribution in [0.5, 0.6) is 0 Å². The second kappa shape index (κ2) is 13.0. The minimum Gasteiger partial charge on any atom is -0.458 e. The lowest BCUT2D eigenvalue weighted by atomic mass is 10.0. The van der Waals surface area contributed by atoms with Crippen molar-refractivity contribution in [1.29, 1.82) is 0 Å². The maximum absolute atomic E-state index is 12.2. The van der Waals surface area contributed by atoms with Crippen LogP contribution in [-0.2, 0) is 42.9 Å². The third-order valence-corrected chi connectivity index (χ3v) is 3.68. The molecule has 0 rings (SSSR count). The lowest BCUT2D eigenvalue weighted by Gasteiger charge is -2.33. The van der Waals surface area contributed by atoms with Crippen molar-refractivity contribution >= 4 is 30.2 Å². The van der Waals surface area contributed by atoms with E-state index in [-0.39, 0.29) is 28.6 Å². The van der Waals surface area contributed by atoms with Gasteiger partial charge in [-0.2, -0.15) is 0 Å². The standard InChI is InChI=1S/C22H28O10/c1-11(2)19(25)29-10-16(30-20(26)12(3)4)18(32-22(28)14(7)8)17(15(24)9-23)31-21(27)13(5)6/h9,15-18,24H,1,3,5,7,10H2,2,4,6,8H3/t15-,16-,17-,18-/m1/s1. The van der Waals surface area contributed by atoms with E-state index < -0.39 is 54.9 Å². The molecule has 0 bridgehead atoms. The van der Waals surface area contributed by atoms with Crippen LogP contribution in [0, 0.1) is 0 Å². The fraction of sp³-hybridized carbons (Fsp3) is 0.409. The number of carbonyl (C=O) groups excluding carboxylic acids is 5. The number of hydrogen-bond acceptors (Lipinski definition) is 10. The fourth-order valence-corrected chi connectivity index (χ4v) is 1.93. The predicted octanol–water partition coefficient (Wildman–Crippen LogP) is 1.13. The summed E-state index contributed by atoms with van der Waals surface area (Å²) in [6, 6.07) is 0. The molecule has 4 atom stereocenters. The molecule has 0 aliphatic rings. The normalized spacial score (nSPS) is 13.9. The topological polar surface area (TPSA) is 143 Å². The summed E-state index contributed by atoms with van der Waals surface area (Å²) in [7, 11) is 0. The zero-order valence-corrected chi connectivity index (χ0v) is 18.5. The molecule has 0 aromatic heterocycles. The Labute approximate surface area is 186 Å². The van der Waals surface area contributed by atoms with Gasteiger partial charge in [0.25, 0.3) is 0 Å². The number of hydrogen-bond donors (Lipinski definition) is 1. The molecule has 0 radical (unpaired) electrons. The van der Waals surface area contributed by atoms with Gasteiger partial charge in [-0.25, -0.2) is 19.2 Å². The molecule has 0 aromatic carbocycles. The lowest BCUT2D eigenvalue weighted by molar-refractivity contribution is -0.194. The zero-order valence-electron chi connectivity index (χ0n) is 18.5. The third kappa shape index (κ3) is 9.09. The van der Waals surface area contributed by atoms with E-state index >= 15 is 0 Å². The van der Waals surface area contributed by atoms with E-state index in [1.54, 1.807) is 0 Å². The molecule has 0 saturated carbocycles. The highest BCUT2D eigenvalue weighted by Gasteiger charge is 2.43. The first-order valence-corrected chi connectivity index (χ1v) is 9.28. The molecule has 176 valence electrons. The molecule has 10 heteroatoms. The van der Waals surface area contributed by atoms with E-state index in [0.717, 1.165) is 0 Å². The Morgan fingerprint density at radius 1 is 0.719 bits per heavy atom. The van der Waals surface area contributed by atoms with Crippen LogP contribution in [0.25, 0.3) is 0 Å². The molecule has 0 fully saturated rings. The van der Waals surface area contributed by atoms with Crippen LogP contribution in [-0.4, -0.2) is 66.3 Å². The van der Waals surface area contributed by atoms with Crippen LogP contribution in [0.2, 0.25) is 0 Å². The van der Waals surface area contributed by atoms with Crippen molar-refractivity contribution in [2.75, 3.05) is 6.61 Å². The quantitative estimate of drug-likeness (QED) is 0.187. The van der Waals surface area contributed by atoms with Gasteiger partial charge < -0.3 is 28.8 Å². The third-order valence-electron chi connectivity index (χ3n) is 3.68. The number of aliphatic hydroxyl groups is 1. The first kappa shape index (κ1) is 28.5. The largest absolute Gasteiger partial charge is 0.458 e. The fourth-order valence-electron chi connectivity index (χ4n) is 1.93. The van der Waals surface area contributed by atoms with Gasteiger partial charge in [-0.1, -0.05) is 26.3 Å². The van der Waals surface area contributed by atoms with E-state index in [0.29, 0.717) is 0 Å². The first-order valence-electron chi connectivity index (χ1n) is 9.28.